The highest BCUT2D eigenvalue weighted by molar-refractivity contribution is 14.1. The van der Waals surface area contributed by atoms with Crippen LogP contribution in [0.4, 0.5) is 5.69 Å². The fraction of sp³-hybridized carbons (Fsp3) is 0.0435. The van der Waals surface area contributed by atoms with Crippen LogP contribution in [-0.2, 0) is 11.4 Å². The Labute approximate surface area is 212 Å². The van der Waals surface area contributed by atoms with E-state index in [9.17, 15) is 10.1 Å². The Morgan fingerprint density at radius 2 is 1.87 bits per heavy atom. The summed E-state index contributed by atoms with van der Waals surface area (Å²) < 4.78 is 7.46. The van der Waals surface area contributed by atoms with Gasteiger partial charge in [-0.25, -0.2) is 0 Å². The zero-order valence-electron chi connectivity index (χ0n) is 15.8. The molecule has 0 aliphatic heterocycles. The van der Waals surface area contributed by atoms with Gasteiger partial charge in [0.1, 0.15) is 24.0 Å². The number of carbonyl (C=O) groups is 1. The van der Waals surface area contributed by atoms with Gasteiger partial charge in [-0.1, -0.05) is 47.5 Å². The molecule has 1 amide bonds. The summed E-state index contributed by atoms with van der Waals surface area (Å²) >= 11 is 17.7. The molecule has 0 spiro atoms. The van der Waals surface area contributed by atoms with E-state index < -0.39 is 5.91 Å². The number of carbonyl (C=O) groups excluding carboxylic acids is 1. The second-order valence-corrected chi connectivity index (χ2v) is 9.17. The van der Waals surface area contributed by atoms with Crippen molar-refractivity contribution >= 4 is 79.4 Å². The van der Waals surface area contributed by atoms with Crippen LogP contribution < -0.4 is 10.1 Å². The zero-order valence-corrected chi connectivity index (χ0v) is 21.1. The first-order valence-corrected chi connectivity index (χ1v) is 11.5. The molecule has 8 heteroatoms. The predicted octanol–water partition coefficient (Wildman–Crippen LogP) is 7.49. The van der Waals surface area contributed by atoms with Gasteiger partial charge < -0.3 is 10.1 Å². The van der Waals surface area contributed by atoms with Crippen molar-refractivity contribution in [3.05, 3.63) is 95.5 Å². The van der Waals surface area contributed by atoms with Gasteiger partial charge in [0, 0.05) is 5.69 Å². The molecular weight excluding hydrogens is 614 g/mol. The van der Waals surface area contributed by atoms with Crippen LogP contribution >= 0.6 is 61.7 Å². The Hall–Kier alpha value is -2.05. The first kappa shape index (κ1) is 23.6. The summed E-state index contributed by atoms with van der Waals surface area (Å²) in [5.74, 6) is 0.177. The maximum absolute atomic E-state index is 12.4. The third kappa shape index (κ3) is 6.47. The number of amides is 1. The summed E-state index contributed by atoms with van der Waals surface area (Å²) in [6.07, 6.45) is 1.54. The highest BCUT2D eigenvalue weighted by Gasteiger charge is 2.13. The molecule has 0 fully saturated rings. The Morgan fingerprint density at radius 3 is 2.52 bits per heavy atom. The van der Waals surface area contributed by atoms with Gasteiger partial charge in [-0.05, 0) is 92.1 Å². The molecule has 0 aliphatic carbocycles. The minimum absolute atomic E-state index is 0.00368. The van der Waals surface area contributed by atoms with E-state index >= 15 is 0 Å². The lowest BCUT2D eigenvalue weighted by Gasteiger charge is -2.12. The average molecular weight is 628 g/mol. The van der Waals surface area contributed by atoms with Crippen LogP contribution in [0.1, 0.15) is 11.1 Å². The summed E-state index contributed by atoms with van der Waals surface area (Å²) in [6, 6.07) is 19.9. The molecule has 0 heterocycles. The van der Waals surface area contributed by atoms with Crippen molar-refractivity contribution in [2.24, 2.45) is 0 Å². The van der Waals surface area contributed by atoms with Crippen LogP contribution in [0.25, 0.3) is 6.08 Å². The van der Waals surface area contributed by atoms with Crippen molar-refractivity contribution in [1.29, 1.82) is 5.26 Å². The average Bonchev–Trinajstić information content (AvgIpc) is 2.74. The van der Waals surface area contributed by atoms with Gasteiger partial charge in [-0.15, -0.1) is 0 Å². The van der Waals surface area contributed by atoms with Crippen molar-refractivity contribution in [3.63, 3.8) is 0 Å². The number of nitrogens with zero attached hydrogens (tertiary/aromatic N) is 1. The number of para-hydroxylation sites is 1. The quantitative estimate of drug-likeness (QED) is 0.175. The minimum atomic E-state index is -0.472. The number of anilines is 1. The summed E-state index contributed by atoms with van der Waals surface area (Å²) in [6.45, 7) is 0.309. The lowest BCUT2D eigenvalue weighted by Crippen LogP contribution is -2.13. The van der Waals surface area contributed by atoms with E-state index in [1.165, 1.54) is 6.08 Å². The fourth-order valence-electron chi connectivity index (χ4n) is 2.62. The largest absolute Gasteiger partial charge is 0.487 e. The Balaban J connectivity index is 1.77. The standard InChI is InChI=1S/C23H14BrCl2IN2O2/c24-18-9-15(8-16(12-28)23(30)29-17-4-2-1-3-5-17)11-21(27)22(18)31-13-14-6-7-19(25)20(26)10-14/h1-11H,13H2,(H,29,30)/b16-8-. The van der Waals surface area contributed by atoms with Gasteiger partial charge in [-0.2, -0.15) is 5.26 Å². The highest BCUT2D eigenvalue weighted by atomic mass is 127. The van der Waals surface area contributed by atoms with E-state index in [1.807, 2.05) is 36.4 Å². The lowest BCUT2D eigenvalue weighted by molar-refractivity contribution is -0.112. The molecule has 0 saturated heterocycles. The third-order valence-electron chi connectivity index (χ3n) is 4.10. The number of hydrogen-bond acceptors (Lipinski definition) is 3. The molecule has 0 bridgehead atoms. The molecule has 4 nitrogen and oxygen atoms in total. The smallest absolute Gasteiger partial charge is 0.266 e. The Morgan fingerprint density at radius 1 is 1.13 bits per heavy atom. The molecule has 3 rings (SSSR count). The molecule has 1 N–H and O–H groups in total. The van der Waals surface area contributed by atoms with Gasteiger partial charge in [0.2, 0.25) is 0 Å². The van der Waals surface area contributed by atoms with E-state index in [4.69, 9.17) is 27.9 Å². The number of halogens is 4. The van der Waals surface area contributed by atoms with Crippen LogP contribution in [0.3, 0.4) is 0 Å². The monoisotopic (exact) mass is 626 g/mol. The van der Waals surface area contributed by atoms with Gasteiger partial charge in [0.25, 0.3) is 5.91 Å². The maximum atomic E-state index is 12.4. The predicted molar refractivity (Wildman–Crippen MR) is 136 cm³/mol. The molecule has 0 aromatic heterocycles. The minimum Gasteiger partial charge on any atom is -0.487 e. The van der Waals surface area contributed by atoms with Crippen molar-refractivity contribution in [1.82, 2.24) is 0 Å². The highest BCUT2D eigenvalue weighted by Crippen LogP contribution is 2.34. The van der Waals surface area contributed by atoms with E-state index in [0.717, 1.165) is 9.13 Å². The molecule has 31 heavy (non-hydrogen) atoms. The first-order chi connectivity index (χ1) is 14.9. The van der Waals surface area contributed by atoms with Crippen molar-refractivity contribution in [2.45, 2.75) is 6.61 Å². The molecule has 0 saturated carbocycles. The van der Waals surface area contributed by atoms with Crippen LogP contribution in [0.2, 0.25) is 10.0 Å². The van der Waals surface area contributed by atoms with Crippen molar-refractivity contribution in [3.8, 4) is 11.8 Å². The van der Waals surface area contributed by atoms with Crippen molar-refractivity contribution < 1.29 is 9.53 Å². The number of nitriles is 1. The molecule has 3 aromatic rings. The maximum Gasteiger partial charge on any atom is 0.266 e. The number of hydrogen-bond donors (Lipinski definition) is 1. The normalized spacial score (nSPS) is 11.0. The molecule has 3 aromatic carbocycles. The Kier molecular flexibility index (Phi) is 8.38. The molecule has 0 aliphatic rings. The van der Waals surface area contributed by atoms with E-state index in [1.54, 1.807) is 30.3 Å². The molecule has 0 unspecified atom stereocenters. The number of rotatable bonds is 6. The van der Waals surface area contributed by atoms with Gasteiger partial charge in [-0.3, -0.25) is 4.79 Å². The fourth-order valence-corrected chi connectivity index (χ4v) is 4.71. The number of nitrogens with one attached hydrogen (secondary N) is 1. The second kappa shape index (κ2) is 11.0. The van der Waals surface area contributed by atoms with Crippen LogP contribution in [0.5, 0.6) is 5.75 Å². The number of ether oxygens (including phenoxy) is 1. The van der Waals surface area contributed by atoms with E-state index in [0.29, 0.717) is 38.1 Å². The molecule has 0 radical (unpaired) electrons. The molecule has 0 atom stereocenters. The molecule has 156 valence electrons. The van der Waals surface area contributed by atoms with Gasteiger partial charge >= 0.3 is 0 Å². The second-order valence-electron chi connectivity index (χ2n) is 6.34. The number of benzene rings is 3. The van der Waals surface area contributed by atoms with E-state index in [-0.39, 0.29) is 5.57 Å². The topological polar surface area (TPSA) is 62.1 Å². The van der Waals surface area contributed by atoms with Crippen LogP contribution in [0.15, 0.2) is 70.7 Å². The third-order valence-corrected chi connectivity index (χ3v) is 6.22. The summed E-state index contributed by atoms with van der Waals surface area (Å²) in [4.78, 5) is 12.4. The summed E-state index contributed by atoms with van der Waals surface area (Å²) in [5, 5.41) is 13.1. The summed E-state index contributed by atoms with van der Waals surface area (Å²) in [5.41, 5.74) is 2.19. The van der Waals surface area contributed by atoms with Gasteiger partial charge in [0.15, 0.2) is 0 Å². The lowest BCUT2D eigenvalue weighted by atomic mass is 10.1. The van der Waals surface area contributed by atoms with Crippen LogP contribution in [-0.4, -0.2) is 5.91 Å². The zero-order chi connectivity index (χ0) is 22.4. The Bertz CT molecular complexity index is 1170. The first-order valence-electron chi connectivity index (χ1n) is 8.91. The van der Waals surface area contributed by atoms with Gasteiger partial charge in [0.05, 0.1) is 18.1 Å². The SMILES string of the molecule is N#C/C(=C/c1cc(Br)c(OCc2ccc(Cl)c(Cl)c2)c(I)c1)C(=O)Nc1ccccc1. The van der Waals surface area contributed by atoms with Crippen molar-refractivity contribution in [2.75, 3.05) is 5.32 Å². The summed E-state index contributed by atoms with van der Waals surface area (Å²) in [7, 11) is 0. The molecular formula is C23H14BrCl2IN2O2. The van der Waals surface area contributed by atoms with E-state index in [2.05, 4.69) is 43.8 Å². The van der Waals surface area contributed by atoms with Crippen LogP contribution in [0, 0.1) is 14.9 Å².